The normalized spacial score (nSPS) is 26.0. The van der Waals surface area contributed by atoms with E-state index >= 15 is 0 Å². The van der Waals surface area contributed by atoms with Crippen molar-refractivity contribution in [2.75, 3.05) is 32.1 Å². The standard InChI is InChI=1S/C14H22N4O/c1-16(2)13-8-14(19)18(15-9-13)6-5-17-10-11-3-4-12(17)7-11/h8-9,11-12H,3-7,10H2,1-2H3/t11-,12-/m0/s1. The van der Waals surface area contributed by atoms with Gasteiger partial charge in [-0.25, -0.2) is 4.68 Å². The number of nitrogens with zero attached hydrogens (tertiary/aromatic N) is 4. The van der Waals surface area contributed by atoms with Crippen molar-refractivity contribution in [1.29, 1.82) is 0 Å². The van der Waals surface area contributed by atoms with E-state index in [4.69, 9.17) is 0 Å². The van der Waals surface area contributed by atoms with Gasteiger partial charge in [0.1, 0.15) is 0 Å². The van der Waals surface area contributed by atoms with Gasteiger partial charge in [-0.3, -0.25) is 9.69 Å². The van der Waals surface area contributed by atoms with Crippen LogP contribution < -0.4 is 10.5 Å². The fraction of sp³-hybridized carbons (Fsp3) is 0.714. The molecule has 0 amide bonds. The highest BCUT2D eigenvalue weighted by Crippen LogP contribution is 2.36. The molecule has 19 heavy (non-hydrogen) atoms. The number of hydrogen-bond donors (Lipinski definition) is 0. The van der Waals surface area contributed by atoms with Crippen molar-refractivity contribution < 1.29 is 0 Å². The van der Waals surface area contributed by atoms with Gasteiger partial charge in [0, 0.05) is 39.3 Å². The zero-order chi connectivity index (χ0) is 13.4. The summed E-state index contributed by atoms with van der Waals surface area (Å²) in [6.45, 7) is 2.88. The number of piperidine rings is 1. The van der Waals surface area contributed by atoms with Crippen LogP contribution >= 0.6 is 0 Å². The van der Waals surface area contributed by atoms with Gasteiger partial charge in [0.05, 0.1) is 18.4 Å². The fourth-order valence-electron chi connectivity index (χ4n) is 3.36. The second kappa shape index (κ2) is 4.96. The molecule has 5 nitrogen and oxygen atoms in total. The monoisotopic (exact) mass is 262 g/mol. The molecule has 2 atom stereocenters. The lowest BCUT2D eigenvalue weighted by molar-refractivity contribution is 0.202. The summed E-state index contributed by atoms with van der Waals surface area (Å²) in [5.41, 5.74) is 0.858. The molecule has 2 bridgehead atoms. The minimum atomic E-state index is -0.00411. The van der Waals surface area contributed by atoms with E-state index in [9.17, 15) is 4.79 Å². The van der Waals surface area contributed by atoms with E-state index in [0.717, 1.165) is 24.2 Å². The maximum absolute atomic E-state index is 12.0. The van der Waals surface area contributed by atoms with Crippen LogP contribution in [0.15, 0.2) is 17.1 Å². The highest BCUT2D eigenvalue weighted by Gasteiger charge is 2.37. The molecule has 1 aliphatic heterocycles. The first-order valence-corrected chi connectivity index (χ1v) is 7.12. The van der Waals surface area contributed by atoms with Gasteiger partial charge in [0.2, 0.25) is 0 Å². The molecule has 2 aliphatic rings. The predicted molar refractivity (Wildman–Crippen MR) is 75.5 cm³/mol. The molecule has 2 fully saturated rings. The number of rotatable bonds is 4. The van der Waals surface area contributed by atoms with Crippen LogP contribution in [0.25, 0.3) is 0 Å². The molecule has 1 saturated heterocycles. The first-order valence-electron chi connectivity index (χ1n) is 7.12. The van der Waals surface area contributed by atoms with Gasteiger partial charge < -0.3 is 4.90 Å². The average Bonchev–Trinajstić information content (AvgIpc) is 2.99. The van der Waals surface area contributed by atoms with E-state index in [0.29, 0.717) is 6.54 Å². The van der Waals surface area contributed by atoms with E-state index in [-0.39, 0.29) is 5.56 Å². The third-order valence-electron chi connectivity index (χ3n) is 4.49. The van der Waals surface area contributed by atoms with Gasteiger partial charge in [-0.15, -0.1) is 0 Å². The zero-order valence-corrected chi connectivity index (χ0v) is 11.7. The van der Waals surface area contributed by atoms with E-state index in [1.54, 1.807) is 16.9 Å². The summed E-state index contributed by atoms with van der Waals surface area (Å²) >= 11 is 0. The van der Waals surface area contributed by atoms with Crippen molar-refractivity contribution in [3.05, 3.63) is 22.6 Å². The van der Waals surface area contributed by atoms with Crippen LogP contribution in [0.4, 0.5) is 5.69 Å². The summed E-state index contributed by atoms with van der Waals surface area (Å²) < 4.78 is 1.58. The number of hydrogen-bond acceptors (Lipinski definition) is 4. The number of fused-ring (bicyclic) bond motifs is 2. The van der Waals surface area contributed by atoms with Crippen LogP contribution in [0.1, 0.15) is 19.3 Å². The molecule has 0 spiro atoms. The van der Waals surface area contributed by atoms with Crippen molar-refractivity contribution in [3.63, 3.8) is 0 Å². The Kier molecular flexibility index (Phi) is 3.31. The first-order chi connectivity index (χ1) is 9.13. The van der Waals surface area contributed by atoms with Crippen LogP contribution in [-0.4, -0.2) is 47.9 Å². The minimum absolute atomic E-state index is 0.00411. The predicted octanol–water partition coefficient (Wildman–Crippen LogP) is 0.794. The number of likely N-dealkylation sites (tertiary alicyclic amines) is 1. The Labute approximate surface area is 113 Å². The summed E-state index contributed by atoms with van der Waals surface area (Å²) in [5.74, 6) is 0.908. The Morgan fingerprint density at radius 1 is 1.37 bits per heavy atom. The third kappa shape index (κ3) is 2.52. The first kappa shape index (κ1) is 12.7. The van der Waals surface area contributed by atoms with Crippen LogP contribution in [0.2, 0.25) is 0 Å². The number of anilines is 1. The number of aromatic nitrogens is 2. The molecular weight excluding hydrogens is 240 g/mol. The van der Waals surface area contributed by atoms with Crippen molar-refractivity contribution in [2.45, 2.75) is 31.8 Å². The minimum Gasteiger partial charge on any atom is -0.376 e. The third-order valence-corrected chi connectivity index (χ3v) is 4.49. The molecule has 3 rings (SSSR count). The summed E-state index contributed by atoms with van der Waals surface area (Å²) in [6, 6.07) is 2.42. The second-order valence-corrected chi connectivity index (χ2v) is 6.00. The van der Waals surface area contributed by atoms with Crippen LogP contribution in [0.3, 0.4) is 0 Å². The lowest BCUT2D eigenvalue weighted by Crippen LogP contribution is -2.37. The SMILES string of the molecule is CN(C)c1cnn(CCN2C[C@H]3CC[C@H]2C3)c(=O)c1. The average molecular weight is 262 g/mol. The van der Waals surface area contributed by atoms with Gasteiger partial charge in [0.15, 0.2) is 0 Å². The van der Waals surface area contributed by atoms with Gasteiger partial charge >= 0.3 is 0 Å². The molecule has 0 unspecified atom stereocenters. The van der Waals surface area contributed by atoms with Gasteiger partial charge in [0.25, 0.3) is 5.56 Å². The highest BCUT2D eigenvalue weighted by atomic mass is 16.1. The molecule has 1 aromatic rings. The van der Waals surface area contributed by atoms with Gasteiger partial charge in [-0.05, 0) is 25.2 Å². The van der Waals surface area contributed by atoms with Gasteiger partial charge in [-0.2, -0.15) is 5.10 Å². The Bertz CT molecular complexity index is 510. The van der Waals surface area contributed by atoms with E-state index < -0.39 is 0 Å². The quantitative estimate of drug-likeness (QED) is 0.804. The summed E-state index contributed by atoms with van der Waals surface area (Å²) in [7, 11) is 3.84. The Balaban J connectivity index is 1.62. The van der Waals surface area contributed by atoms with Crippen LogP contribution in [-0.2, 0) is 6.54 Å². The maximum atomic E-state index is 12.0. The van der Waals surface area contributed by atoms with Crippen molar-refractivity contribution >= 4 is 5.69 Å². The molecule has 2 heterocycles. The second-order valence-electron chi connectivity index (χ2n) is 6.00. The fourth-order valence-corrected chi connectivity index (χ4v) is 3.36. The lowest BCUT2D eigenvalue weighted by Gasteiger charge is -2.26. The topological polar surface area (TPSA) is 41.4 Å². The van der Waals surface area contributed by atoms with Crippen molar-refractivity contribution in [3.8, 4) is 0 Å². The molecule has 104 valence electrons. The smallest absolute Gasteiger partial charge is 0.268 e. The molecule has 0 N–H and O–H groups in total. The molecule has 1 aromatic heterocycles. The maximum Gasteiger partial charge on any atom is 0.268 e. The van der Waals surface area contributed by atoms with Crippen LogP contribution in [0.5, 0.6) is 0 Å². The van der Waals surface area contributed by atoms with Gasteiger partial charge in [-0.1, -0.05) is 0 Å². The summed E-state index contributed by atoms with van der Waals surface area (Å²) in [5, 5.41) is 4.26. The largest absolute Gasteiger partial charge is 0.376 e. The molecule has 0 aromatic carbocycles. The zero-order valence-electron chi connectivity index (χ0n) is 11.7. The van der Waals surface area contributed by atoms with Crippen LogP contribution in [0, 0.1) is 5.92 Å². The van der Waals surface area contributed by atoms with E-state index in [1.165, 1.54) is 25.8 Å². The molecule has 1 aliphatic carbocycles. The lowest BCUT2D eigenvalue weighted by atomic mass is 10.1. The Morgan fingerprint density at radius 3 is 2.79 bits per heavy atom. The summed E-state index contributed by atoms with van der Waals surface area (Å²) in [6.07, 6.45) is 5.86. The molecule has 1 saturated carbocycles. The van der Waals surface area contributed by atoms with Crippen molar-refractivity contribution in [1.82, 2.24) is 14.7 Å². The molecule has 5 heteroatoms. The highest BCUT2D eigenvalue weighted by molar-refractivity contribution is 5.40. The Hall–Kier alpha value is -1.36. The van der Waals surface area contributed by atoms with E-state index in [1.807, 2.05) is 19.0 Å². The summed E-state index contributed by atoms with van der Waals surface area (Å²) in [4.78, 5) is 16.4. The molecular formula is C14H22N4O. The van der Waals surface area contributed by atoms with E-state index in [2.05, 4.69) is 10.00 Å². The molecule has 0 radical (unpaired) electrons. The Morgan fingerprint density at radius 2 is 2.21 bits per heavy atom. The van der Waals surface area contributed by atoms with Crippen molar-refractivity contribution in [2.24, 2.45) is 5.92 Å².